The van der Waals surface area contributed by atoms with Gasteiger partial charge in [0, 0.05) is 64.4 Å². The summed E-state index contributed by atoms with van der Waals surface area (Å²) in [6.07, 6.45) is 3.15. The van der Waals surface area contributed by atoms with Gasteiger partial charge in [-0.2, -0.15) is 0 Å². The summed E-state index contributed by atoms with van der Waals surface area (Å²) in [5.74, 6) is -1.30. The van der Waals surface area contributed by atoms with Gasteiger partial charge < -0.3 is 14.6 Å². The van der Waals surface area contributed by atoms with Crippen molar-refractivity contribution in [2.45, 2.75) is 25.6 Å². The number of pyridine rings is 1. The third-order valence-corrected chi connectivity index (χ3v) is 9.41. The molecule has 9 nitrogen and oxygen atoms in total. The highest BCUT2D eigenvalue weighted by Gasteiger charge is 2.29. The van der Waals surface area contributed by atoms with E-state index < -0.39 is 17.2 Å². The number of aromatic nitrogens is 4. The molecule has 236 valence electrons. The molecule has 0 unspecified atom stereocenters. The van der Waals surface area contributed by atoms with E-state index in [-0.39, 0.29) is 17.0 Å². The maximum Gasteiger partial charge on any atom is 0.341 e. The predicted molar refractivity (Wildman–Crippen MR) is 180 cm³/mol. The zero-order chi connectivity index (χ0) is 32.3. The Balaban J connectivity index is 1.17. The molecule has 0 amide bonds. The van der Waals surface area contributed by atoms with Crippen molar-refractivity contribution in [3.8, 4) is 17.1 Å². The maximum atomic E-state index is 15.5. The molecule has 0 radical (unpaired) electrons. The summed E-state index contributed by atoms with van der Waals surface area (Å²) in [6, 6.07) is 15.5. The van der Waals surface area contributed by atoms with Crippen LogP contribution in [0.3, 0.4) is 0 Å². The first-order chi connectivity index (χ1) is 22.1. The quantitative estimate of drug-likeness (QED) is 0.179. The topological polar surface area (TPSA) is 88.5 Å². The van der Waals surface area contributed by atoms with Crippen molar-refractivity contribution < 1.29 is 14.3 Å². The van der Waals surface area contributed by atoms with Gasteiger partial charge in [-0.05, 0) is 67.5 Å². The van der Waals surface area contributed by atoms with Crippen LogP contribution in [0.4, 0.5) is 10.1 Å². The average Bonchev–Trinajstić information content (AvgIpc) is 3.80. The maximum absolute atomic E-state index is 15.5. The van der Waals surface area contributed by atoms with E-state index in [9.17, 15) is 14.7 Å². The fraction of sp³-hybridized carbons (Fsp3) is 0.250. The van der Waals surface area contributed by atoms with Crippen molar-refractivity contribution >= 4 is 69.6 Å². The number of nitrogens with zero attached hydrogens (tertiary/aromatic N) is 6. The van der Waals surface area contributed by atoms with Crippen molar-refractivity contribution in [1.82, 2.24) is 23.8 Å². The van der Waals surface area contributed by atoms with Gasteiger partial charge in [0.2, 0.25) is 10.2 Å². The van der Waals surface area contributed by atoms with E-state index in [0.29, 0.717) is 75.4 Å². The summed E-state index contributed by atoms with van der Waals surface area (Å²) in [5, 5.41) is 16.0. The van der Waals surface area contributed by atoms with Crippen LogP contribution >= 0.6 is 47.0 Å². The second-order valence-electron chi connectivity index (χ2n) is 11.5. The van der Waals surface area contributed by atoms with Crippen molar-refractivity contribution in [2.24, 2.45) is 0 Å². The molecule has 1 aliphatic carbocycles. The number of rotatable bonds is 7. The second kappa shape index (κ2) is 12.1. The number of carboxylic acids is 1. The molecule has 0 bridgehead atoms. The molecule has 1 saturated heterocycles. The molecule has 1 N–H and O–H groups in total. The molecule has 1 aliphatic heterocycles. The molecule has 7 rings (SSSR count). The Morgan fingerprint density at radius 1 is 0.978 bits per heavy atom. The van der Waals surface area contributed by atoms with Crippen molar-refractivity contribution in [2.75, 3.05) is 31.1 Å². The average molecular weight is 700 g/mol. The van der Waals surface area contributed by atoms with Gasteiger partial charge >= 0.3 is 5.97 Å². The van der Waals surface area contributed by atoms with Gasteiger partial charge in [0.15, 0.2) is 5.82 Å². The lowest BCUT2D eigenvalue weighted by molar-refractivity contribution is 0.0695. The minimum Gasteiger partial charge on any atom is -0.477 e. The monoisotopic (exact) mass is 698 g/mol. The molecule has 1 saturated carbocycles. The van der Waals surface area contributed by atoms with Crippen LogP contribution in [-0.2, 0) is 6.67 Å². The van der Waals surface area contributed by atoms with Crippen molar-refractivity contribution in [3.05, 3.63) is 102 Å². The lowest BCUT2D eigenvalue weighted by atomic mass is 10.1. The molecule has 2 aromatic heterocycles. The largest absolute Gasteiger partial charge is 0.477 e. The number of hydrogen-bond donors (Lipinski definition) is 1. The SMILES string of the molecule is O=C(O)c1cn(C2CC2)c2cc(N3CCN(Cn4nc(-c5cccc(Cl)c5)n(-c5cc(Cl)cc(Cl)c5)c4=S)CC3)c(F)cc2c1=O. The van der Waals surface area contributed by atoms with E-state index in [1.807, 2.05) is 32.2 Å². The third kappa shape index (κ3) is 5.82. The number of piperazine rings is 1. The Bertz CT molecular complexity index is 2130. The molecule has 0 spiro atoms. The molecule has 0 atom stereocenters. The Kier molecular flexibility index (Phi) is 8.14. The van der Waals surface area contributed by atoms with Crippen LogP contribution in [-0.4, -0.2) is 61.1 Å². The van der Waals surface area contributed by atoms with Crippen LogP contribution in [0.15, 0.2) is 65.6 Å². The zero-order valence-corrected chi connectivity index (χ0v) is 27.3. The summed E-state index contributed by atoms with van der Waals surface area (Å²) < 4.78 is 21.3. The van der Waals surface area contributed by atoms with E-state index in [0.717, 1.165) is 18.4 Å². The minimum absolute atomic E-state index is 0.0770. The van der Waals surface area contributed by atoms with Crippen LogP contribution in [0.5, 0.6) is 0 Å². The predicted octanol–water partition coefficient (Wildman–Crippen LogP) is 7.30. The summed E-state index contributed by atoms with van der Waals surface area (Å²) in [7, 11) is 0. The van der Waals surface area contributed by atoms with E-state index >= 15 is 4.39 Å². The lowest BCUT2D eigenvalue weighted by Crippen LogP contribution is -2.47. The molecular weight excluding hydrogens is 674 g/mol. The fourth-order valence-corrected chi connectivity index (χ4v) is 6.94. The van der Waals surface area contributed by atoms with E-state index in [1.54, 1.807) is 35.0 Å². The number of benzene rings is 3. The van der Waals surface area contributed by atoms with Crippen LogP contribution < -0.4 is 10.3 Å². The van der Waals surface area contributed by atoms with Gasteiger partial charge in [0.1, 0.15) is 11.4 Å². The summed E-state index contributed by atoms with van der Waals surface area (Å²) in [4.78, 5) is 28.7. The normalized spacial score (nSPS) is 15.5. The first-order valence-electron chi connectivity index (χ1n) is 14.6. The van der Waals surface area contributed by atoms with Gasteiger partial charge in [0.25, 0.3) is 0 Å². The highest BCUT2D eigenvalue weighted by atomic mass is 35.5. The smallest absolute Gasteiger partial charge is 0.341 e. The Morgan fingerprint density at radius 3 is 2.35 bits per heavy atom. The summed E-state index contributed by atoms with van der Waals surface area (Å²) in [6.45, 7) is 2.61. The van der Waals surface area contributed by atoms with E-state index in [1.165, 1.54) is 12.3 Å². The van der Waals surface area contributed by atoms with E-state index in [2.05, 4.69) is 4.90 Å². The molecule has 3 heterocycles. The zero-order valence-electron chi connectivity index (χ0n) is 24.2. The van der Waals surface area contributed by atoms with Crippen molar-refractivity contribution in [1.29, 1.82) is 0 Å². The number of carbonyl (C=O) groups is 1. The Labute approximate surface area is 282 Å². The molecule has 2 fully saturated rings. The summed E-state index contributed by atoms with van der Waals surface area (Å²) in [5.41, 5.74) is 1.33. The van der Waals surface area contributed by atoms with Crippen LogP contribution in [0.2, 0.25) is 15.1 Å². The van der Waals surface area contributed by atoms with Gasteiger partial charge in [-0.1, -0.05) is 46.9 Å². The van der Waals surface area contributed by atoms with Gasteiger partial charge in [-0.15, -0.1) is 5.10 Å². The van der Waals surface area contributed by atoms with Gasteiger partial charge in [0.05, 0.1) is 23.6 Å². The number of anilines is 1. The number of halogens is 4. The number of fused-ring (bicyclic) bond motifs is 1. The lowest BCUT2D eigenvalue weighted by Gasteiger charge is -2.36. The number of carboxylic acid groups (broad SMARTS) is 1. The third-order valence-electron chi connectivity index (χ3n) is 8.35. The molecule has 2 aliphatic rings. The molecule has 3 aromatic carbocycles. The molecular formula is C32H26Cl3FN6O3S. The Hall–Kier alpha value is -3.74. The summed E-state index contributed by atoms with van der Waals surface area (Å²) >= 11 is 24.9. The Morgan fingerprint density at radius 2 is 1.70 bits per heavy atom. The molecule has 46 heavy (non-hydrogen) atoms. The fourth-order valence-electron chi connectivity index (χ4n) is 5.94. The van der Waals surface area contributed by atoms with Crippen LogP contribution in [0.1, 0.15) is 29.2 Å². The standard InChI is InChI=1S/C32H26Cl3FN6O3S/c33-19-3-1-2-18(10-19)30-37-41(32(46)42(30)23-12-20(34)11-21(35)13-23)17-38-6-8-39(9-7-38)28-15-27-24(14-26(28)36)29(43)25(31(44)45)16-40(27)22-4-5-22/h1-3,10-16,22H,4-9,17H2,(H,44,45). The van der Waals surface area contributed by atoms with Crippen molar-refractivity contribution in [3.63, 3.8) is 0 Å². The molecule has 14 heteroatoms. The first kappa shape index (κ1) is 30.9. The number of hydrogen-bond acceptors (Lipinski definition) is 6. The van der Waals surface area contributed by atoms with Crippen LogP contribution in [0.25, 0.3) is 28.0 Å². The van der Waals surface area contributed by atoms with Gasteiger partial charge in [-0.25, -0.2) is 13.9 Å². The van der Waals surface area contributed by atoms with Crippen LogP contribution in [0, 0.1) is 10.6 Å². The highest BCUT2D eigenvalue weighted by molar-refractivity contribution is 7.71. The van der Waals surface area contributed by atoms with Gasteiger partial charge in [-0.3, -0.25) is 14.3 Å². The highest BCUT2D eigenvalue weighted by Crippen LogP contribution is 2.38. The van der Waals surface area contributed by atoms with E-state index in [4.69, 9.17) is 52.1 Å². The first-order valence-corrected chi connectivity index (χ1v) is 16.1. The number of aromatic carboxylic acids is 1. The second-order valence-corrected chi connectivity index (χ2v) is 13.1. The minimum atomic E-state index is -1.32. The molecule has 5 aromatic rings.